The van der Waals surface area contributed by atoms with Gasteiger partial charge in [-0.05, 0) is 31.0 Å². The minimum absolute atomic E-state index is 0.00292. The molecule has 0 saturated heterocycles. The number of carbonyl (C=O) groups is 1. The minimum atomic E-state index is -0.00292. The molecule has 0 aromatic heterocycles. The molecule has 0 atom stereocenters. The Morgan fingerprint density at radius 2 is 2.25 bits per heavy atom. The SMILES string of the molecule is Nc1cc(Cl)ccc1NCC(=O)NC1CC1. The molecule has 1 aromatic carbocycles. The molecule has 1 aliphatic rings. The highest BCUT2D eigenvalue weighted by Crippen LogP contribution is 2.22. The van der Waals surface area contributed by atoms with Crippen LogP contribution in [0.3, 0.4) is 0 Å². The van der Waals surface area contributed by atoms with Crippen LogP contribution in [0.4, 0.5) is 11.4 Å². The van der Waals surface area contributed by atoms with E-state index >= 15 is 0 Å². The molecule has 1 aliphatic carbocycles. The van der Waals surface area contributed by atoms with Gasteiger partial charge in [0, 0.05) is 11.1 Å². The second kappa shape index (κ2) is 4.61. The zero-order chi connectivity index (χ0) is 11.5. The maximum Gasteiger partial charge on any atom is 0.239 e. The van der Waals surface area contributed by atoms with Gasteiger partial charge in [0.25, 0.3) is 0 Å². The fourth-order valence-corrected chi connectivity index (χ4v) is 1.56. The van der Waals surface area contributed by atoms with Crippen molar-refractivity contribution in [2.24, 2.45) is 0 Å². The molecule has 0 aliphatic heterocycles. The third kappa shape index (κ3) is 3.03. The highest BCUT2D eigenvalue weighted by atomic mass is 35.5. The fraction of sp³-hybridized carbons (Fsp3) is 0.364. The quantitative estimate of drug-likeness (QED) is 0.700. The second-order valence-electron chi connectivity index (χ2n) is 3.93. The zero-order valence-corrected chi connectivity index (χ0v) is 9.55. The summed E-state index contributed by atoms with van der Waals surface area (Å²) < 4.78 is 0. The topological polar surface area (TPSA) is 67.1 Å². The van der Waals surface area contributed by atoms with Crippen molar-refractivity contribution in [1.29, 1.82) is 0 Å². The Balaban J connectivity index is 1.85. The molecule has 0 unspecified atom stereocenters. The van der Waals surface area contributed by atoms with Gasteiger partial charge in [0.1, 0.15) is 0 Å². The third-order valence-corrected chi connectivity index (χ3v) is 2.63. The van der Waals surface area contributed by atoms with Gasteiger partial charge >= 0.3 is 0 Å². The summed E-state index contributed by atoms with van der Waals surface area (Å²) in [5.74, 6) is -0.00292. The molecule has 1 saturated carbocycles. The molecule has 0 spiro atoms. The van der Waals surface area contributed by atoms with Crippen LogP contribution in [0.25, 0.3) is 0 Å². The van der Waals surface area contributed by atoms with Gasteiger partial charge in [-0.3, -0.25) is 4.79 Å². The summed E-state index contributed by atoms with van der Waals surface area (Å²) in [6, 6.07) is 5.54. The number of carbonyl (C=O) groups excluding carboxylic acids is 1. The van der Waals surface area contributed by atoms with Crippen LogP contribution in [0.2, 0.25) is 5.02 Å². The molecule has 86 valence electrons. The molecule has 1 fully saturated rings. The molecule has 1 amide bonds. The van der Waals surface area contributed by atoms with Gasteiger partial charge in [0.15, 0.2) is 0 Å². The number of nitrogens with one attached hydrogen (secondary N) is 2. The van der Waals surface area contributed by atoms with Gasteiger partial charge < -0.3 is 16.4 Å². The van der Waals surface area contributed by atoms with Gasteiger partial charge in [-0.1, -0.05) is 11.6 Å². The molecule has 5 heteroatoms. The second-order valence-corrected chi connectivity index (χ2v) is 4.36. The number of anilines is 2. The van der Waals surface area contributed by atoms with E-state index in [2.05, 4.69) is 10.6 Å². The van der Waals surface area contributed by atoms with Crippen molar-refractivity contribution >= 4 is 28.9 Å². The average molecular weight is 240 g/mol. The molecule has 4 nitrogen and oxygen atoms in total. The number of halogens is 1. The Hall–Kier alpha value is -1.42. The first-order valence-electron chi connectivity index (χ1n) is 5.23. The Morgan fingerprint density at radius 3 is 2.88 bits per heavy atom. The van der Waals surface area contributed by atoms with Crippen molar-refractivity contribution in [2.45, 2.75) is 18.9 Å². The Morgan fingerprint density at radius 1 is 1.50 bits per heavy atom. The number of rotatable bonds is 4. The van der Waals surface area contributed by atoms with E-state index in [4.69, 9.17) is 17.3 Å². The summed E-state index contributed by atoms with van der Waals surface area (Å²) >= 11 is 5.77. The molecule has 1 aromatic rings. The monoisotopic (exact) mass is 239 g/mol. The number of benzene rings is 1. The van der Waals surface area contributed by atoms with Crippen molar-refractivity contribution in [1.82, 2.24) is 5.32 Å². The molecular formula is C11H14ClN3O. The van der Waals surface area contributed by atoms with Crippen molar-refractivity contribution in [2.75, 3.05) is 17.6 Å². The first kappa shape index (κ1) is 11.1. The molecule has 0 heterocycles. The lowest BCUT2D eigenvalue weighted by atomic mass is 10.2. The maximum atomic E-state index is 11.4. The number of amides is 1. The van der Waals surface area contributed by atoms with E-state index in [1.165, 1.54) is 0 Å². The van der Waals surface area contributed by atoms with Crippen LogP contribution in [-0.4, -0.2) is 18.5 Å². The molecule has 16 heavy (non-hydrogen) atoms. The maximum absolute atomic E-state index is 11.4. The molecular weight excluding hydrogens is 226 g/mol. The van der Waals surface area contributed by atoms with Crippen molar-refractivity contribution in [3.63, 3.8) is 0 Å². The van der Waals surface area contributed by atoms with Gasteiger partial charge in [-0.25, -0.2) is 0 Å². The van der Waals surface area contributed by atoms with Gasteiger partial charge in [-0.15, -0.1) is 0 Å². The Labute approximate surface area is 99.2 Å². The summed E-state index contributed by atoms with van der Waals surface area (Å²) in [5, 5.41) is 6.45. The van der Waals surface area contributed by atoms with Gasteiger partial charge in [0.2, 0.25) is 5.91 Å². The van der Waals surface area contributed by atoms with E-state index in [9.17, 15) is 4.79 Å². The number of hydrogen-bond donors (Lipinski definition) is 3. The molecule has 2 rings (SSSR count). The Bertz CT molecular complexity index is 404. The highest BCUT2D eigenvalue weighted by molar-refractivity contribution is 6.31. The van der Waals surface area contributed by atoms with Crippen LogP contribution in [0.5, 0.6) is 0 Å². The summed E-state index contributed by atoms with van der Waals surface area (Å²) in [6.45, 7) is 0.238. The standard InChI is InChI=1S/C11H14ClN3O/c12-7-1-4-10(9(13)5-7)14-6-11(16)15-8-2-3-8/h1,4-5,8,14H,2-3,6,13H2,(H,15,16). The number of nitrogens with two attached hydrogens (primary N) is 1. The van der Waals surface area contributed by atoms with Crippen molar-refractivity contribution in [3.8, 4) is 0 Å². The molecule has 0 radical (unpaired) electrons. The lowest BCUT2D eigenvalue weighted by Crippen LogP contribution is -2.31. The number of hydrogen-bond acceptors (Lipinski definition) is 3. The summed E-state index contributed by atoms with van der Waals surface area (Å²) in [7, 11) is 0. The minimum Gasteiger partial charge on any atom is -0.397 e. The average Bonchev–Trinajstić information content (AvgIpc) is 3.00. The summed E-state index contributed by atoms with van der Waals surface area (Å²) in [5.41, 5.74) is 7.02. The first-order chi connectivity index (χ1) is 7.65. The Kier molecular flexibility index (Phi) is 3.19. The van der Waals surface area contributed by atoms with Crippen molar-refractivity contribution < 1.29 is 4.79 Å². The normalized spacial score (nSPS) is 14.6. The van der Waals surface area contributed by atoms with E-state index in [0.29, 0.717) is 16.8 Å². The van der Waals surface area contributed by atoms with Gasteiger partial charge in [-0.2, -0.15) is 0 Å². The number of nitrogen functional groups attached to an aromatic ring is 1. The van der Waals surface area contributed by atoms with E-state index in [1.807, 2.05) is 0 Å². The van der Waals surface area contributed by atoms with Gasteiger partial charge in [0.05, 0.1) is 17.9 Å². The summed E-state index contributed by atoms with van der Waals surface area (Å²) in [4.78, 5) is 11.4. The lowest BCUT2D eigenvalue weighted by molar-refractivity contribution is -0.119. The molecule has 4 N–H and O–H groups in total. The van der Waals surface area contributed by atoms with Crippen LogP contribution in [0.1, 0.15) is 12.8 Å². The predicted octanol–water partition coefficient (Wildman–Crippen LogP) is 1.61. The van der Waals surface area contributed by atoms with E-state index in [0.717, 1.165) is 18.5 Å². The first-order valence-corrected chi connectivity index (χ1v) is 5.61. The van der Waals surface area contributed by atoms with Crippen LogP contribution in [-0.2, 0) is 4.79 Å². The lowest BCUT2D eigenvalue weighted by Gasteiger charge is -2.09. The largest absolute Gasteiger partial charge is 0.397 e. The predicted molar refractivity (Wildman–Crippen MR) is 65.5 cm³/mol. The highest BCUT2D eigenvalue weighted by Gasteiger charge is 2.22. The fourth-order valence-electron chi connectivity index (χ4n) is 1.38. The third-order valence-electron chi connectivity index (χ3n) is 2.40. The summed E-state index contributed by atoms with van der Waals surface area (Å²) in [6.07, 6.45) is 2.18. The van der Waals surface area contributed by atoms with E-state index < -0.39 is 0 Å². The van der Waals surface area contributed by atoms with Crippen molar-refractivity contribution in [3.05, 3.63) is 23.2 Å². The zero-order valence-electron chi connectivity index (χ0n) is 8.79. The van der Waals surface area contributed by atoms with Crippen LogP contribution in [0, 0.1) is 0 Å². The van der Waals surface area contributed by atoms with Crippen LogP contribution < -0.4 is 16.4 Å². The van der Waals surface area contributed by atoms with E-state index in [1.54, 1.807) is 18.2 Å². The van der Waals surface area contributed by atoms with Crippen LogP contribution in [0.15, 0.2) is 18.2 Å². The van der Waals surface area contributed by atoms with E-state index in [-0.39, 0.29) is 12.5 Å². The molecule has 0 bridgehead atoms. The smallest absolute Gasteiger partial charge is 0.239 e. The van der Waals surface area contributed by atoms with Crippen LogP contribution >= 0.6 is 11.6 Å².